The van der Waals surface area contributed by atoms with E-state index in [-0.39, 0.29) is 13.2 Å². The largest absolute Gasteiger partial charge is 0.347 e. The lowest BCUT2D eigenvalue weighted by molar-refractivity contribution is -0.0585. The molecule has 24 heteroatoms. The van der Waals surface area contributed by atoms with Crippen LogP contribution in [0.5, 0.6) is 0 Å². The topological polar surface area (TPSA) is 196 Å². The summed E-state index contributed by atoms with van der Waals surface area (Å²) in [5, 5.41) is 10.3. The second kappa shape index (κ2) is 11.0. The van der Waals surface area contributed by atoms with Gasteiger partial charge >= 0.3 is 22.9 Å². The lowest BCUT2D eigenvalue weighted by Gasteiger charge is -2.48. The number of hydrogen-bond donors (Lipinski definition) is 4. The average Bonchev–Trinajstić information content (AvgIpc) is 2.97. The summed E-state index contributed by atoms with van der Waals surface area (Å²) in [6, 6.07) is 0. The molecule has 8 aliphatic rings. The molecule has 0 aromatic rings. The minimum Gasteiger partial charge on any atom is -0.321 e. The van der Waals surface area contributed by atoms with E-state index in [2.05, 4.69) is 20.1 Å². The van der Waals surface area contributed by atoms with Crippen molar-refractivity contribution in [1.29, 1.82) is 0 Å². The molecule has 0 bridgehead atoms. The molecule has 0 saturated carbocycles. The Morgan fingerprint density at radius 1 is 0.537 bits per heavy atom. The Labute approximate surface area is 239 Å². The van der Waals surface area contributed by atoms with E-state index in [0.29, 0.717) is 46.2 Å². The van der Waals surface area contributed by atoms with Gasteiger partial charge in [-0.25, -0.2) is 20.0 Å². The summed E-state index contributed by atoms with van der Waals surface area (Å²) >= 11 is 0. The van der Waals surface area contributed by atoms with E-state index in [0.717, 1.165) is 45.3 Å². The van der Waals surface area contributed by atoms with Crippen molar-refractivity contribution in [3.63, 3.8) is 0 Å². The van der Waals surface area contributed by atoms with Gasteiger partial charge in [-0.05, 0) is 25.7 Å². The lowest BCUT2D eigenvalue weighted by Crippen LogP contribution is -2.47. The fourth-order valence-electron chi connectivity index (χ4n) is 5.07. The lowest BCUT2D eigenvalue weighted by atomic mass is 9.93. The molecule has 41 heavy (non-hydrogen) atoms. The number of rotatable bonds is 0. The predicted octanol–water partition coefficient (Wildman–Crippen LogP) is 5.81. The molecule has 4 N–H and O–H groups in total. The van der Waals surface area contributed by atoms with Gasteiger partial charge in [0.2, 0.25) is 7.58 Å². The number of hydrogen-bond acceptors (Lipinski definition) is 18. The van der Waals surface area contributed by atoms with E-state index >= 15 is 0 Å². The van der Waals surface area contributed by atoms with Crippen LogP contribution in [0.4, 0.5) is 0 Å². The van der Waals surface area contributed by atoms with Crippen LogP contribution >= 0.6 is 45.6 Å². The first-order chi connectivity index (χ1) is 19.9. The maximum atomic E-state index is 6.51. The second-order valence-corrected chi connectivity index (χ2v) is 24.7. The average molecular weight is 694 g/mol. The van der Waals surface area contributed by atoms with E-state index in [1.165, 1.54) is 0 Å². The Morgan fingerprint density at radius 2 is 1.17 bits per heavy atom. The Kier molecular flexibility index (Phi) is 7.87. The Morgan fingerprint density at radius 3 is 1.78 bits per heavy atom. The van der Waals surface area contributed by atoms with Crippen molar-refractivity contribution in [2.24, 2.45) is 32.7 Å². The summed E-state index contributed by atoms with van der Waals surface area (Å²) in [5.74, 6) is 0. The van der Waals surface area contributed by atoms with Crippen LogP contribution in [-0.2, 0) is 36.2 Å². The molecule has 0 radical (unpaired) electrons. The third-order valence-corrected chi connectivity index (χ3v) is 25.4. The fourth-order valence-corrected chi connectivity index (χ4v) is 26.6. The highest BCUT2D eigenvalue weighted by molar-refractivity contribution is 7.82. The minimum absolute atomic E-state index is 0.286. The van der Waals surface area contributed by atoms with Gasteiger partial charge in [-0.2, -0.15) is 27.4 Å². The smallest absolute Gasteiger partial charge is 0.321 e. The molecule has 0 aromatic carbocycles. The van der Waals surface area contributed by atoms with Crippen molar-refractivity contribution < 1.29 is 36.2 Å². The van der Waals surface area contributed by atoms with Crippen molar-refractivity contribution in [3.8, 4) is 0 Å². The molecule has 232 valence electrons. The van der Waals surface area contributed by atoms with E-state index in [1.54, 1.807) is 0 Å². The zero-order valence-corrected chi connectivity index (χ0v) is 27.8. The molecule has 5 fully saturated rings. The standard InChI is InChI=1S/C17H36N10O8P6/c1-5-18-36(28-9-1)22-37(19-6-2-10-29-37)25-40(24-36)32-13-17(14-33-40)15-34-41(35-16-17)26-38(20-7-3-11-30-38)23-39(27-41)21-8-4-12-31-39/h18-20,26H,1-16H2/t17?,36-,37+,38-,39+,40?,41?/m0/s1. The van der Waals surface area contributed by atoms with Crippen molar-refractivity contribution >= 4 is 45.6 Å². The molecule has 0 aromatic heterocycles. The van der Waals surface area contributed by atoms with Gasteiger partial charge in [0.25, 0.3) is 15.2 Å². The van der Waals surface area contributed by atoms with Gasteiger partial charge in [0.1, 0.15) is 0 Å². The van der Waals surface area contributed by atoms with E-state index < -0.39 is 51.1 Å². The summed E-state index contributed by atoms with van der Waals surface area (Å²) in [7, 11) is -17.0. The van der Waals surface area contributed by atoms with Crippen LogP contribution in [0.3, 0.4) is 0 Å². The Bertz CT molecular complexity index is 1380. The Balaban J connectivity index is 1.06. The van der Waals surface area contributed by atoms with Gasteiger partial charge in [-0.1, -0.05) is 0 Å². The first-order valence-electron chi connectivity index (χ1n) is 13.9. The summed E-state index contributed by atoms with van der Waals surface area (Å²) in [6.45, 7) is 6.35. The van der Waals surface area contributed by atoms with Gasteiger partial charge < -0.3 is 36.2 Å². The van der Waals surface area contributed by atoms with Gasteiger partial charge in [-0.3, -0.25) is 0 Å². The monoisotopic (exact) mass is 694 g/mol. The highest BCUT2D eigenvalue weighted by atomic mass is 31.3. The molecule has 0 unspecified atom stereocenters. The van der Waals surface area contributed by atoms with Crippen molar-refractivity contribution in [3.05, 3.63) is 0 Å². The van der Waals surface area contributed by atoms with Crippen molar-refractivity contribution in [2.45, 2.75) is 25.7 Å². The molecular formula is C17H36N10O8P6. The van der Waals surface area contributed by atoms with Gasteiger partial charge in [0, 0.05) is 26.2 Å². The molecular weight excluding hydrogens is 658 g/mol. The molecule has 7 spiro atoms. The van der Waals surface area contributed by atoms with Crippen molar-refractivity contribution in [1.82, 2.24) is 20.1 Å². The molecule has 0 aliphatic carbocycles. The van der Waals surface area contributed by atoms with Crippen LogP contribution in [0.1, 0.15) is 25.7 Å². The summed E-state index contributed by atoms with van der Waals surface area (Å²) in [5.41, 5.74) is -0.566. The zero-order chi connectivity index (χ0) is 27.5. The molecule has 4 atom stereocenters. The quantitative estimate of drug-likeness (QED) is 0.223. The van der Waals surface area contributed by atoms with Crippen LogP contribution in [0.2, 0.25) is 0 Å². The molecule has 8 rings (SSSR count). The van der Waals surface area contributed by atoms with Crippen LogP contribution in [0.15, 0.2) is 27.3 Å². The third-order valence-electron chi connectivity index (χ3n) is 7.22. The summed E-state index contributed by atoms with van der Waals surface area (Å²) in [4.78, 5) is 3.45. The second-order valence-electron chi connectivity index (χ2n) is 10.7. The highest BCUT2D eigenvalue weighted by Crippen LogP contribution is 2.81. The van der Waals surface area contributed by atoms with Crippen LogP contribution in [-0.4, -0.2) is 79.0 Å². The summed E-state index contributed by atoms with van der Waals surface area (Å²) < 4.78 is 80.1. The van der Waals surface area contributed by atoms with Gasteiger partial charge in [-0.15, -0.1) is 0 Å². The molecule has 8 aliphatic heterocycles. The first-order valence-corrected chi connectivity index (χ1v) is 23.4. The molecule has 0 amide bonds. The molecule has 18 nitrogen and oxygen atoms in total. The number of nitrogens with zero attached hydrogens (tertiary/aromatic N) is 6. The van der Waals surface area contributed by atoms with Gasteiger partial charge in [0.05, 0.1) is 58.3 Å². The van der Waals surface area contributed by atoms with Crippen LogP contribution < -0.4 is 20.1 Å². The van der Waals surface area contributed by atoms with E-state index in [4.69, 9.17) is 63.5 Å². The molecule has 5 saturated heterocycles. The maximum Gasteiger partial charge on any atom is 0.347 e. The van der Waals surface area contributed by atoms with Gasteiger partial charge in [0.15, 0.2) is 0 Å². The first kappa shape index (κ1) is 29.3. The maximum absolute atomic E-state index is 6.51. The van der Waals surface area contributed by atoms with E-state index in [1.807, 2.05) is 0 Å². The SMILES string of the molecule is C1CN=[P@@]2(N=P3(N[P@@]4(=N2)NCCCO4)OCC2(COP4(=N[P@@]5(=N[P@@]6(=N4)NCCCO6)NCCCO5)OC2)CO3)OC1. The van der Waals surface area contributed by atoms with Crippen LogP contribution in [0.25, 0.3) is 0 Å². The fraction of sp³-hybridized carbons (Fsp3) is 1.00. The summed E-state index contributed by atoms with van der Waals surface area (Å²) in [6.07, 6.45) is 3.51. The predicted molar refractivity (Wildman–Crippen MR) is 157 cm³/mol. The van der Waals surface area contributed by atoms with Crippen molar-refractivity contribution in [2.75, 3.05) is 79.0 Å². The van der Waals surface area contributed by atoms with Crippen LogP contribution in [0, 0.1) is 5.41 Å². The third kappa shape index (κ3) is 5.62. The minimum atomic E-state index is -3.07. The Hall–Kier alpha value is 0.900. The zero-order valence-electron chi connectivity index (χ0n) is 22.4. The van der Waals surface area contributed by atoms with E-state index in [9.17, 15) is 0 Å². The normalized spacial score (nSPS) is 51.5. The highest BCUT2D eigenvalue weighted by Gasteiger charge is 2.53. The molecule has 8 heterocycles. The number of nitrogens with one attached hydrogen (secondary N) is 4.